The van der Waals surface area contributed by atoms with Crippen molar-refractivity contribution in [2.24, 2.45) is 0 Å². The number of halogens is 2. The van der Waals surface area contributed by atoms with Crippen LogP contribution >= 0.6 is 0 Å². The van der Waals surface area contributed by atoms with Crippen molar-refractivity contribution < 1.29 is 18.4 Å². The van der Waals surface area contributed by atoms with Gasteiger partial charge in [-0.25, -0.2) is 8.78 Å². The molecule has 0 radical (unpaired) electrons. The normalized spacial score (nSPS) is 10.2. The van der Waals surface area contributed by atoms with Gasteiger partial charge in [0.1, 0.15) is 11.6 Å². The molecule has 0 atom stereocenters. The van der Waals surface area contributed by atoms with E-state index in [0.29, 0.717) is 0 Å². The van der Waals surface area contributed by atoms with Gasteiger partial charge in [-0.15, -0.1) is 0 Å². The van der Waals surface area contributed by atoms with Gasteiger partial charge in [-0.3, -0.25) is 9.59 Å². The molecule has 132 valence electrons. The summed E-state index contributed by atoms with van der Waals surface area (Å²) in [7, 11) is 1.92. The number of amides is 2. The van der Waals surface area contributed by atoms with Crippen molar-refractivity contribution in [2.75, 3.05) is 23.8 Å². The molecule has 0 aliphatic carbocycles. The molecule has 0 fully saturated rings. The molecule has 25 heavy (non-hydrogen) atoms. The Bertz CT molecular complexity index is 781. The average Bonchev–Trinajstić information content (AvgIpc) is 2.62. The second kappa shape index (κ2) is 8.23. The lowest BCUT2D eigenvalue weighted by molar-refractivity contribution is -0.136. The zero-order valence-electron chi connectivity index (χ0n) is 14.0. The third kappa shape index (κ3) is 4.76. The summed E-state index contributed by atoms with van der Waals surface area (Å²) in [6.07, 6.45) is 0. The van der Waals surface area contributed by atoms with Gasteiger partial charge in [0.25, 0.3) is 0 Å². The van der Waals surface area contributed by atoms with Gasteiger partial charge in [0.2, 0.25) is 0 Å². The van der Waals surface area contributed by atoms with Gasteiger partial charge in [0, 0.05) is 31.9 Å². The Balaban J connectivity index is 2.01. The highest BCUT2D eigenvalue weighted by Crippen LogP contribution is 2.19. The molecule has 2 amide bonds. The Morgan fingerprint density at radius 2 is 1.80 bits per heavy atom. The van der Waals surface area contributed by atoms with Crippen molar-refractivity contribution in [3.63, 3.8) is 0 Å². The molecule has 2 aromatic carbocycles. The smallest absolute Gasteiger partial charge is 0.313 e. The highest BCUT2D eigenvalue weighted by Gasteiger charge is 2.16. The van der Waals surface area contributed by atoms with Gasteiger partial charge in [-0.05, 0) is 30.7 Å². The van der Waals surface area contributed by atoms with Crippen LogP contribution in [0, 0.1) is 11.6 Å². The SMILES string of the molecule is CCN(C)c1ccccc1CNC(=O)C(=O)Nc1cc(F)ccc1F. The molecule has 2 aromatic rings. The van der Waals surface area contributed by atoms with Crippen molar-refractivity contribution in [1.29, 1.82) is 0 Å². The molecule has 0 spiro atoms. The predicted molar refractivity (Wildman–Crippen MR) is 92.2 cm³/mol. The summed E-state index contributed by atoms with van der Waals surface area (Å²) in [5.74, 6) is -3.53. The summed E-state index contributed by atoms with van der Waals surface area (Å²) in [6, 6.07) is 10.1. The molecule has 0 bridgehead atoms. The Kier molecular flexibility index (Phi) is 6.05. The first-order valence-corrected chi connectivity index (χ1v) is 7.75. The third-order valence-electron chi connectivity index (χ3n) is 3.70. The number of anilines is 2. The van der Waals surface area contributed by atoms with Crippen LogP contribution < -0.4 is 15.5 Å². The highest BCUT2D eigenvalue weighted by atomic mass is 19.1. The molecule has 0 unspecified atom stereocenters. The van der Waals surface area contributed by atoms with E-state index in [0.717, 1.165) is 36.0 Å². The van der Waals surface area contributed by atoms with Gasteiger partial charge < -0.3 is 15.5 Å². The summed E-state index contributed by atoms with van der Waals surface area (Å²) in [6.45, 7) is 2.92. The van der Waals surface area contributed by atoms with E-state index in [1.807, 2.05) is 43.1 Å². The number of nitrogens with one attached hydrogen (secondary N) is 2. The predicted octanol–water partition coefficient (Wildman–Crippen LogP) is 2.68. The van der Waals surface area contributed by atoms with Gasteiger partial charge in [-0.2, -0.15) is 0 Å². The van der Waals surface area contributed by atoms with Crippen LogP contribution in [0.4, 0.5) is 20.2 Å². The van der Waals surface area contributed by atoms with Gasteiger partial charge >= 0.3 is 11.8 Å². The van der Waals surface area contributed by atoms with Crippen LogP contribution in [0.2, 0.25) is 0 Å². The van der Waals surface area contributed by atoms with Crippen LogP contribution in [-0.4, -0.2) is 25.4 Å². The Morgan fingerprint density at radius 3 is 2.52 bits per heavy atom. The van der Waals surface area contributed by atoms with Crippen molar-refractivity contribution >= 4 is 23.2 Å². The quantitative estimate of drug-likeness (QED) is 0.818. The van der Waals surface area contributed by atoms with Crippen LogP contribution in [0.1, 0.15) is 12.5 Å². The lowest BCUT2D eigenvalue weighted by atomic mass is 10.1. The first kappa shape index (κ1) is 18.4. The number of hydrogen-bond acceptors (Lipinski definition) is 3. The number of rotatable bonds is 5. The second-order valence-corrected chi connectivity index (χ2v) is 5.40. The maximum atomic E-state index is 13.5. The number of carbonyl (C=O) groups excluding carboxylic acids is 2. The number of carbonyl (C=O) groups is 2. The van der Waals surface area contributed by atoms with Crippen molar-refractivity contribution in [3.8, 4) is 0 Å². The monoisotopic (exact) mass is 347 g/mol. The lowest BCUT2D eigenvalue weighted by Gasteiger charge is -2.20. The maximum Gasteiger partial charge on any atom is 0.313 e. The van der Waals surface area contributed by atoms with Crippen LogP contribution in [0.5, 0.6) is 0 Å². The zero-order chi connectivity index (χ0) is 18.4. The second-order valence-electron chi connectivity index (χ2n) is 5.40. The minimum Gasteiger partial charge on any atom is -0.375 e. The molecular weight excluding hydrogens is 328 g/mol. The van der Waals surface area contributed by atoms with E-state index in [1.165, 1.54) is 0 Å². The summed E-state index contributed by atoms with van der Waals surface area (Å²) >= 11 is 0. The van der Waals surface area contributed by atoms with E-state index in [1.54, 1.807) is 0 Å². The molecule has 7 heteroatoms. The van der Waals surface area contributed by atoms with Crippen molar-refractivity contribution in [1.82, 2.24) is 5.32 Å². The molecule has 0 aromatic heterocycles. The van der Waals surface area contributed by atoms with Gasteiger partial charge in [-0.1, -0.05) is 18.2 Å². The van der Waals surface area contributed by atoms with E-state index in [-0.39, 0.29) is 12.2 Å². The van der Waals surface area contributed by atoms with E-state index in [9.17, 15) is 18.4 Å². The Hall–Kier alpha value is -2.96. The van der Waals surface area contributed by atoms with Crippen LogP contribution in [-0.2, 0) is 16.1 Å². The van der Waals surface area contributed by atoms with Crippen LogP contribution in [0.25, 0.3) is 0 Å². The third-order valence-corrected chi connectivity index (χ3v) is 3.70. The Labute approximate surface area is 144 Å². The van der Waals surface area contributed by atoms with E-state index in [4.69, 9.17) is 0 Å². The number of nitrogens with zero attached hydrogens (tertiary/aromatic N) is 1. The van der Waals surface area contributed by atoms with Crippen molar-refractivity contribution in [3.05, 3.63) is 59.7 Å². The fourth-order valence-electron chi connectivity index (χ4n) is 2.23. The lowest BCUT2D eigenvalue weighted by Crippen LogP contribution is -2.35. The Morgan fingerprint density at radius 1 is 1.08 bits per heavy atom. The largest absolute Gasteiger partial charge is 0.375 e. The summed E-state index contributed by atoms with van der Waals surface area (Å²) in [5.41, 5.74) is 1.39. The van der Waals surface area contributed by atoms with Gasteiger partial charge in [0.05, 0.1) is 5.69 Å². The van der Waals surface area contributed by atoms with Gasteiger partial charge in [0.15, 0.2) is 0 Å². The number of para-hydroxylation sites is 1. The summed E-state index contributed by atoms with van der Waals surface area (Å²) in [5, 5.41) is 4.54. The van der Waals surface area contributed by atoms with E-state index in [2.05, 4.69) is 10.6 Å². The molecule has 5 nitrogen and oxygen atoms in total. The molecular formula is C18H19F2N3O2. The van der Waals surface area contributed by atoms with E-state index < -0.39 is 23.4 Å². The number of hydrogen-bond donors (Lipinski definition) is 2. The molecule has 0 aliphatic heterocycles. The molecule has 0 aliphatic rings. The fourth-order valence-corrected chi connectivity index (χ4v) is 2.23. The summed E-state index contributed by atoms with van der Waals surface area (Å²) < 4.78 is 26.6. The minimum atomic E-state index is -1.06. The van der Waals surface area contributed by atoms with Crippen LogP contribution in [0.15, 0.2) is 42.5 Å². The minimum absolute atomic E-state index is 0.137. The topological polar surface area (TPSA) is 61.4 Å². The fraction of sp³-hybridized carbons (Fsp3) is 0.222. The first-order valence-electron chi connectivity index (χ1n) is 7.75. The molecule has 2 rings (SSSR count). The van der Waals surface area contributed by atoms with Crippen molar-refractivity contribution in [2.45, 2.75) is 13.5 Å². The molecule has 0 saturated carbocycles. The maximum absolute atomic E-state index is 13.5. The molecule has 0 heterocycles. The highest BCUT2D eigenvalue weighted by molar-refractivity contribution is 6.39. The number of benzene rings is 2. The van der Waals surface area contributed by atoms with Crippen LogP contribution in [0.3, 0.4) is 0 Å². The standard InChI is InChI=1S/C18H19F2N3O2/c1-3-23(2)16-7-5-4-6-12(16)11-21-17(24)18(25)22-15-10-13(19)8-9-14(15)20/h4-10H,3,11H2,1-2H3,(H,21,24)(H,22,25). The first-order chi connectivity index (χ1) is 11.9. The zero-order valence-corrected chi connectivity index (χ0v) is 14.0. The van der Waals surface area contributed by atoms with E-state index >= 15 is 0 Å². The molecule has 2 N–H and O–H groups in total. The average molecular weight is 347 g/mol. The molecule has 0 saturated heterocycles. The summed E-state index contributed by atoms with van der Waals surface area (Å²) in [4.78, 5) is 25.8.